The summed E-state index contributed by atoms with van der Waals surface area (Å²) >= 11 is 0. The largest absolute Gasteiger partial charge is 0.418 e. The van der Waals surface area contributed by atoms with Crippen LogP contribution in [-0.2, 0) is 6.18 Å². The summed E-state index contributed by atoms with van der Waals surface area (Å²) in [7, 11) is 0. The lowest BCUT2D eigenvalue weighted by Crippen LogP contribution is -2.05. The molecule has 0 saturated carbocycles. The number of aromatic nitrogens is 2. The van der Waals surface area contributed by atoms with Crippen molar-refractivity contribution < 1.29 is 13.2 Å². The van der Waals surface area contributed by atoms with Crippen molar-refractivity contribution in [1.29, 1.82) is 0 Å². The van der Waals surface area contributed by atoms with E-state index < -0.39 is 11.7 Å². The zero-order valence-corrected chi connectivity index (χ0v) is 6.39. The van der Waals surface area contributed by atoms with Crippen LogP contribution < -0.4 is 0 Å². The Morgan fingerprint density at radius 1 is 1.23 bits per heavy atom. The molecule has 0 aliphatic carbocycles. The second-order valence-corrected chi connectivity index (χ2v) is 2.62. The Bertz CT molecular complexity index is 430. The van der Waals surface area contributed by atoms with Crippen LogP contribution in [-0.4, -0.2) is 9.97 Å². The fourth-order valence-corrected chi connectivity index (χ4v) is 1.21. The van der Waals surface area contributed by atoms with E-state index in [2.05, 4.69) is 9.97 Å². The molecule has 1 N–H and O–H groups in total. The van der Waals surface area contributed by atoms with Gasteiger partial charge < -0.3 is 4.98 Å². The summed E-state index contributed by atoms with van der Waals surface area (Å²) in [6.45, 7) is 0. The molecule has 0 atom stereocenters. The SMILES string of the molecule is FC(F)(F)c1cncc2[nH]ccc12. The summed E-state index contributed by atoms with van der Waals surface area (Å²) in [4.78, 5) is 6.17. The molecule has 2 aromatic rings. The number of pyridine rings is 1. The lowest BCUT2D eigenvalue weighted by molar-refractivity contribution is -0.136. The van der Waals surface area contributed by atoms with Crippen molar-refractivity contribution >= 4 is 10.9 Å². The highest BCUT2D eigenvalue weighted by Gasteiger charge is 2.32. The molecule has 0 spiro atoms. The van der Waals surface area contributed by atoms with E-state index in [0.29, 0.717) is 5.52 Å². The molecule has 0 aromatic carbocycles. The summed E-state index contributed by atoms with van der Waals surface area (Å²) in [5, 5.41) is 0.155. The number of fused-ring (bicyclic) bond motifs is 1. The molecule has 68 valence electrons. The van der Waals surface area contributed by atoms with Gasteiger partial charge in [0.15, 0.2) is 0 Å². The first-order valence-corrected chi connectivity index (χ1v) is 3.57. The van der Waals surface area contributed by atoms with Gasteiger partial charge in [0.25, 0.3) is 0 Å². The second-order valence-electron chi connectivity index (χ2n) is 2.62. The van der Waals surface area contributed by atoms with Crippen LogP contribution in [0.1, 0.15) is 5.56 Å². The smallest absolute Gasteiger partial charge is 0.360 e. The van der Waals surface area contributed by atoms with Crippen molar-refractivity contribution in [2.45, 2.75) is 6.18 Å². The van der Waals surface area contributed by atoms with Crippen LogP contribution in [0.15, 0.2) is 24.7 Å². The highest BCUT2D eigenvalue weighted by atomic mass is 19.4. The molecule has 0 aliphatic heterocycles. The molecule has 0 amide bonds. The molecule has 0 fully saturated rings. The Morgan fingerprint density at radius 2 is 2.00 bits per heavy atom. The fraction of sp³-hybridized carbons (Fsp3) is 0.125. The van der Waals surface area contributed by atoms with Gasteiger partial charge in [-0.1, -0.05) is 0 Å². The third-order valence-electron chi connectivity index (χ3n) is 1.78. The Hall–Kier alpha value is -1.52. The molecule has 13 heavy (non-hydrogen) atoms. The number of rotatable bonds is 0. The highest BCUT2D eigenvalue weighted by Crippen LogP contribution is 2.33. The van der Waals surface area contributed by atoms with Crippen LogP contribution in [0.4, 0.5) is 13.2 Å². The van der Waals surface area contributed by atoms with E-state index in [1.807, 2.05) is 0 Å². The van der Waals surface area contributed by atoms with E-state index in [-0.39, 0.29) is 5.39 Å². The molecule has 0 bridgehead atoms. The molecule has 0 aliphatic rings. The molecule has 2 heterocycles. The Morgan fingerprint density at radius 3 is 2.69 bits per heavy atom. The summed E-state index contributed by atoms with van der Waals surface area (Å²) in [6.07, 6.45) is -0.683. The normalized spacial score (nSPS) is 12.2. The van der Waals surface area contributed by atoms with Gasteiger partial charge in [-0.2, -0.15) is 13.2 Å². The van der Waals surface area contributed by atoms with E-state index in [1.54, 1.807) is 0 Å². The third-order valence-corrected chi connectivity index (χ3v) is 1.78. The number of hydrogen-bond donors (Lipinski definition) is 1. The first kappa shape index (κ1) is 8.10. The van der Waals surface area contributed by atoms with Crippen molar-refractivity contribution in [3.05, 3.63) is 30.2 Å². The van der Waals surface area contributed by atoms with Gasteiger partial charge in [0.1, 0.15) is 0 Å². The molecule has 0 unspecified atom stereocenters. The van der Waals surface area contributed by atoms with Gasteiger partial charge in [0.05, 0.1) is 17.3 Å². The standard InChI is InChI=1S/C8H5F3N2/c9-8(10,11)6-3-12-4-7-5(6)1-2-13-7/h1-4,13H. The summed E-state index contributed by atoms with van der Waals surface area (Å²) < 4.78 is 37.0. The highest BCUT2D eigenvalue weighted by molar-refractivity contribution is 5.82. The quantitative estimate of drug-likeness (QED) is 0.673. The van der Waals surface area contributed by atoms with Crippen LogP contribution >= 0.6 is 0 Å². The molecular formula is C8H5F3N2. The molecule has 0 radical (unpaired) electrons. The van der Waals surface area contributed by atoms with E-state index >= 15 is 0 Å². The summed E-state index contributed by atoms with van der Waals surface area (Å²) in [5.41, 5.74) is -0.305. The topological polar surface area (TPSA) is 28.7 Å². The van der Waals surface area contributed by atoms with Crippen molar-refractivity contribution in [3.63, 3.8) is 0 Å². The molecular weight excluding hydrogens is 181 g/mol. The number of aromatic amines is 1. The van der Waals surface area contributed by atoms with Crippen LogP contribution in [0.3, 0.4) is 0 Å². The van der Waals surface area contributed by atoms with Gasteiger partial charge in [-0.25, -0.2) is 0 Å². The van der Waals surface area contributed by atoms with Gasteiger partial charge in [-0.15, -0.1) is 0 Å². The average Bonchev–Trinajstić information content (AvgIpc) is 2.48. The van der Waals surface area contributed by atoms with Crippen molar-refractivity contribution in [2.75, 3.05) is 0 Å². The number of H-pyrrole nitrogens is 1. The predicted molar refractivity (Wildman–Crippen MR) is 41.1 cm³/mol. The lowest BCUT2D eigenvalue weighted by atomic mass is 10.2. The van der Waals surface area contributed by atoms with Gasteiger partial charge >= 0.3 is 6.18 Å². The molecule has 2 rings (SSSR count). The average molecular weight is 186 g/mol. The number of halogens is 3. The second kappa shape index (κ2) is 2.48. The Balaban J connectivity index is 2.75. The maximum atomic E-state index is 12.3. The van der Waals surface area contributed by atoms with Crippen molar-refractivity contribution in [2.24, 2.45) is 0 Å². The maximum Gasteiger partial charge on any atom is 0.418 e. The van der Waals surface area contributed by atoms with Crippen LogP contribution in [0.2, 0.25) is 0 Å². The minimum absolute atomic E-state index is 0.155. The molecule has 0 saturated heterocycles. The van der Waals surface area contributed by atoms with E-state index in [9.17, 15) is 13.2 Å². The van der Waals surface area contributed by atoms with Gasteiger partial charge in [0.2, 0.25) is 0 Å². The first-order valence-electron chi connectivity index (χ1n) is 3.57. The zero-order valence-electron chi connectivity index (χ0n) is 6.39. The first-order chi connectivity index (χ1) is 6.09. The minimum atomic E-state index is -4.34. The number of alkyl halides is 3. The van der Waals surface area contributed by atoms with Gasteiger partial charge in [0, 0.05) is 17.8 Å². The Labute approximate surface area is 71.4 Å². The van der Waals surface area contributed by atoms with Crippen LogP contribution in [0.5, 0.6) is 0 Å². The van der Waals surface area contributed by atoms with Crippen molar-refractivity contribution in [1.82, 2.24) is 9.97 Å². The number of nitrogens with zero attached hydrogens (tertiary/aromatic N) is 1. The van der Waals surface area contributed by atoms with Gasteiger partial charge in [-0.05, 0) is 6.07 Å². The molecule has 5 heteroatoms. The van der Waals surface area contributed by atoms with Crippen molar-refractivity contribution in [3.8, 4) is 0 Å². The zero-order chi connectivity index (χ0) is 9.47. The fourth-order valence-electron chi connectivity index (χ4n) is 1.21. The monoisotopic (exact) mass is 186 g/mol. The summed E-state index contributed by atoms with van der Waals surface area (Å²) in [6, 6.07) is 1.39. The third kappa shape index (κ3) is 1.26. The van der Waals surface area contributed by atoms with Gasteiger partial charge in [-0.3, -0.25) is 4.98 Å². The summed E-state index contributed by atoms with van der Waals surface area (Å²) in [5.74, 6) is 0. The predicted octanol–water partition coefficient (Wildman–Crippen LogP) is 2.58. The Kier molecular flexibility index (Phi) is 1.55. The number of nitrogens with one attached hydrogen (secondary N) is 1. The van der Waals surface area contributed by atoms with E-state index in [0.717, 1.165) is 6.20 Å². The molecule has 2 aromatic heterocycles. The lowest BCUT2D eigenvalue weighted by Gasteiger charge is -2.06. The van der Waals surface area contributed by atoms with Crippen LogP contribution in [0, 0.1) is 0 Å². The van der Waals surface area contributed by atoms with E-state index in [4.69, 9.17) is 0 Å². The maximum absolute atomic E-state index is 12.3. The number of hydrogen-bond acceptors (Lipinski definition) is 1. The molecule has 2 nitrogen and oxygen atoms in total. The van der Waals surface area contributed by atoms with E-state index in [1.165, 1.54) is 18.5 Å². The minimum Gasteiger partial charge on any atom is -0.360 e. The van der Waals surface area contributed by atoms with Crippen LogP contribution in [0.25, 0.3) is 10.9 Å².